The molecule has 0 fully saturated rings. The Morgan fingerprint density at radius 1 is 1.04 bits per heavy atom. The highest BCUT2D eigenvalue weighted by molar-refractivity contribution is 5.94. The molecule has 5 heteroatoms. The van der Waals surface area contributed by atoms with Crippen LogP contribution in [0.2, 0.25) is 0 Å². The number of nitrogens with zero attached hydrogens (tertiary/aromatic N) is 1. The van der Waals surface area contributed by atoms with Crippen molar-refractivity contribution in [2.45, 2.75) is 19.8 Å². The minimum Gasteiger partial charge on any atom is -0.497 e. The fourth-order valence-electron chi connectivity index (χ4n) is 2.37. The Balaban J connectivity index is 1.75. The predicted octanol–water partition coefficient (Wildman–Crippen LogP) is 3.18. The number of aryl methyl sites for hydroxylation is 1. The van der Waals surface area contributed by atoms with Crippen LogP contribution in [0.5, 0.6) is 5.75 Å². The summed E-state index contributed by atoms with van der Waals surface area (Å²) in [7, 11) is 3.35. The van der Waals surface area contributed by atoms with E-state index in [4.69, 9.17) is 4.74 Å². The summed E-state index contributed by atoms with van der Waals surface area (Å²) in [5.74, 6) is 0.589. The van der Waals surface area contributed by atoms with Gasteiger partial charge in [-0.25, -0.2) is 0 Å². The summed E-state index contributed by atoms with van der Waals surface area (Å²) < 4.78 is 5.07. The number of ether oxygens (including phenoxy) is 1. The van der Waals surface area contributed by atoms with Gasteiger partial charge in [0.2, 0.25) is 5.91 Å². The minimum absolute atomic E-state index is 0.0301. The molecule has 0 spiro atoms. The monoisotopic (exact) mass is 340 g/mol. The van der Waals surface area contributed by atoms with Crippen LogP contribution in [0.1, 0.15) is 28.8 Å². The van der Waals surface area contributed by atoms with E-state index in [9.17, 15) is 9.59 Å². The molecule has 5 nitrogen and oxygen atoms in total. The molecule has 0 aliphatic heterocycles. The van der Waals surface area contributed by atoms with E-state index in [1.165, 1.54) is 0 Å². The number of nitrogens with one attached hydrogen (secondary N) is 1. The smallest absolute Gasteiger partial charge is 0.251 e. The highest BCUT2D eigenvalue weighted by Gasteiger charge is 2.11. The molecule has 0 unspecified atom stereocenters. The zero-order chi connectivity index (χ0) is 18.2. The maximum absolute atomic E-state index is 12.2. The second kappa shape index (κ2) is 8.87. The number of carbonyl (C=O) groups is 2. The number of methoxy groups -OCH3 is 1. The van der Waals surface area contributed by atoms with Crippen molar-refractivity contribution in [2.24, 2.45) is 0 Å². The van der Waals surface area contributed by atoms with Gasteiger partial charge >= 0.3 is 0 Å². The zero-order valence-electron chi connectivity index (χ0n) is 14.9. The summed E-state index contributed by atoms with van der Waals surface area (Å²) in [4.78, 5) is 25.9. The molecule has 0 aliphatic carbocycles. The largest absolute Gasteiger partial charge is 0.497 e. The lowest BCUT2D eigenvalue weighted by atomic mass is 10.2. The van der Waals surface area contributed by atoms with Crippen LogP contribution in [-0.4, -0.2) is 32.5 Å². The zero-order valence-corrected chi connectivity index (χ0v) is 14.9. The molecule has 0 radical (unpaired) electrons. The molecule has 0 aliphatic rings. The molecule has 2 aromatic carbocycles. The third-order valence-corrected chi connectivity index (χ3v) is 4.00. The van der Waals surface area contributed by atoms with Gasteiger partial charge in [0.15, 0.2) is 0 Å². The third kappa shape index (κ3) is 5.35. The number of benzene rings is 2. The average molecular weight is 340 g/mol. The van der Waals surface area contributed by atoms with Crippen molar-refractivity contribution in [3.63, 3.8) is 0 Å². The normalized spacial score (nSPS) is 10.2. The van der Waals surface area contributed by atoms with E-state index in [0.717, 1.165) is 11.3 Å². The van der Waals surface area contributed by atoms with E-state index in [2.05, 4.69) is 5.32 Å². The summed E-state index contributed by atoms with van der Waals surface area (Å²) in [6, 6.07) is 14.7. The van der Waals surface area contributed by atoms with Gasteiger partial charge in [-0.15, -0.1) is 0 Å². The summed E-state index contributed by atoms with van der Waals surface area (Å²) in [6.45, 7) is 2.47. The number of carbonyl (C=O) groups excluding carboxylic acids is 2. The van der Waals surface area contributed by atoms with Gasteiger partial charge in [0, 0.05) is 31.3 Å². The van der Waals surface area contributed by atoms with E-state index >= 15 is 0 Å². The number of hydrogen-bond acceptors (Lipinski definition) is 3. The summed E-state index contributed by atoms with van der Waals surface area (Å²) in [5, 5.41) is 2.83. The molecule has 0 saturated heterocycles. The van der Waals surface area contributed by atoms with Crippen molar-refractivity contribution < 1.29 is 14.3 Å². The standard InChI is InChI=1S/C20H24N2O3/c1-15-6-10-17(11-7-15)22(2)19(23)5-4-14-21-20(24)16-8-12-18(25-3)13-9-16/h6-13H,4-5,14H2,1-3H3,(H,21,24). The molecule has 132 valence electrons. The van der Waals surface area contributed by atoms with Crippen LogP contribution >= 0.6 is 0 Å². The van der Waals surface area contributed by atoms with E-state index in [1.54, 1.807) is 43.3 Å². The Bertz CT molecular complexity index is 709. The molecule has 1 N–H and O–H groups in total. The van der Waals surface area contributed by atoms with E-state index in [1.807, 2.05) is 31.2 Å². The van der Waals surface area contributed by atoms with Gasteiger partial charge < -0.3 is 15.0 Å². The van der Waals surface area contributed by atoms with Gasteiger partial charge in [0.1, 0.15) is 5.75 Å². The number of anilines is 1. The number of rotatable bonds is 7. The first-order valence-corrected chi connectivity index (χ1v) is 8.26. The van der Waals surface area contributed by atoms with E-state index in [-0.39, 0.29) is 11.8 Å². The fraction of sp³-hybridized carbons (Fsp3) is 0.300. The molecule has 25 heavy (non-hydrogen) atoms. The van der Waals surface area contributed by atoms with Crippen LogP contribution < -0.4 is 15.0 Å². The Hall–Kier alpha value is -2.82. The first-order valence-electron chi connectivity index (χ1n) is 8.26. The van der Waals surface area contributed by atoms with Crippen LogP contribution in [0.15, 0.2) is 48.5 Å². The predicted molar refractivity (Wildman–Crippen MR) is 99.2 cm³/mol. The van der Waals surface area contributed by atoms with Crippen molar-refractivity contribution in [1.82, 2.24) is 5.32 Å². The molecule has 0 bridgehead atoms. The highest BCUT2D eigenvalue weighted by atomic mass is 16.5. The quantitative estimate of drug-likeness (QED) is 0.788. The topological polar surface area (TPSA) is 58.6 Å². The second-order valence-corrected chi connectivity index (χ2v) is 5.88. The van der Waals surface area contributed by atoms with Crippen molar-refractivity contribution in [2.75, 3.05) is 25.6 Å². The van der Waals surface area contributed by atoms with Gasteiger partial charge in [-0.3, -0.25) is 9.59 Å². The summed E-state index contributed by atoms with van der Waals surface area (Å²) in [5.41, 5.74) is 2.60. The maximum Gasteiger partial charge on any atom is 0.251 e. The molecule has 2 amide bonds. The van der Waals surface area contributed by atoms with Gasteiger partial charge in [0.25, 0.3) is 5.91 Å². The summed E-state index contributed by atoms with van der Waals surface area (Å²) in [6.07, 6.45) is 0.976. The fourth-order valence-corrected chi connectivity index (χ4v) is 2.37. The lowest BCUT2D eigenvalue weighted by molar-refractivity contribution is -0.118. The van der Waals surface area contributed by atoms with Crippen molar-refractivity contribution in [1.29, 1.82) is 0 Å². The molecule has 2 rings (SSSR count). The number of hydrogen-bond donors (Lipinski definition) is 1. The minimum atomic E-state index is -0.151. The van der Waals surface area contributed by atoms with Crippen molar-refractivity contribution >= 4 is 17.5 Å². The highest BCUT2D eigenvalue weighted by Crippen LogP contribution is 2.15. The van der Waals surface area contributed by atoms with E-state index < -0.39 is 0 Å². The lowest BCUT2D eigenvalue weighted by Crippen LogP contribution is -2.28. The number of amides is 2. The third-order valence-electron chi connectivity index (χ3n) is 4.00. The van der Waals surface area contributed by atoms with Gasteiger partial charge in [0.05, 0.1) is 7.11 Å². The second-order valence-electron chi connectivity index (χ2n) is 5.88. The average Bonchev–Trinajstić information content (AvgIpc) is 2.65. The molecular formula is C20H24N2O3. The van der Waals surface area contributed by atoms with Crippen LogP contribution in [0.25, 0.3) is 0 Å². The van der Waals surface area contributed by atoms with Gasteiger partial charge in [-0.05, 0) is 49.7 Å². The summed E-state index contributed by atoms with van der Waals surface area (Å²) >= 11 is 0. The van der Waals surface area contributed by atoms with Crippen LogP contribution in [0.3, 0.4) is 0 Å². The van der Waals surface area contributed by atoms with Gasteiger partial charge in [-0.2, -0.15) is 0 Å². The first-order chi connectivity index (χ1) is 12.0. The molecule has 0 heterocycles. The Kier molecular flexibility index (Phi) is 6.57. The lowest BCUT2D eigenvalue weighted by Gasteiger charge is -2.17. The van der Waals surface area contributed by atoms with Crippen molar-refractivity contribution in [3.8, 4) is 5.75 Å². The molecule has 0 aromatic heterocycles. The Morgan fingerprint density at radius 2 is 1.68 bits per heavy atom. The molecular weight excluding hydrogens is 316 g/mol. The Morgan fingerprint density at radius 3 is 2.28 bits per heavy atom. The Labute approximate surface area is 148 Å². The van der Waals surface area contributed by atoms with E-state index in [0.29, 0.717) is 30.7 Å². The van der Waals surface area contributed by atoms with Gasteiger partial charge in [-0.1, -0.05) is 17.7 Å². The molecule has 0 atom stereocenters. The molecule has 2 aromatic rings. The SMILES string of the molecule is COc1ccc(C(=O)NCCCC(=O)N(C)c2ccc(C)cc2)cc1. The maximum atomic E-state index is 12.2. The van der Waals surface area contributed by atoms with Crippen molar-refractivity contribution in [3.05, 3.63) is 59.7 Å². The first kappa shape index (κ1) is 18.5. The van der Waals surface area contributed by atoms with Crippen LogP contribution in [0, 0.1) is 6.92 Å². The molecule has 0 saturated carbocycles. The van der Waals surface area contributed by atoms with Crippen LogP contribution in [-0.2, 0) is 4.79 Å². The van der Waals surface area contributed by atoms with Crippen LogP contribution in [0.4, 0.5) is 5.69 Å².